The molecular formula is C26H23Br. The Bertz CT molecular complexity index is 1110. The first kappa shape index (κ1) is 17.0. The first-order valence-electron chi connectivity index (χ1n) is 10.0. The van der Waals surface area contributed by atoms with Crippen molar-refractivity contribution in [2.75, 3.05) is 0 Å². The molecule has 1 fully saturated rings. The number of fused-ring (bicyclic) bond motifs is 2. The van der Waals surface area contributed by atoms with Gasteiger partial charge in [0.2, 0.25) is 0 Å². The van der Waals surface area contributed by atoms with Crippen molar-refractivity contribution >= 4 is 37.5 Å². The minimum atomic E-state index is 0.672. The van der Waals surface area contributed by atoms with Crippen LogP contribution in [0, 0.1) is 0 Å². The van der Waals surface area contributed by atoms with E-state index in [0.29, 0.717) is 5.92 Å². The largest absolute Gasteiger partial charge is 0.0622 e. The highest BCUT2D eigenvalue weighted by Crippen LogP contribution is 2.46. The molecule has 0 heterocycles. The van der Waals surface area contributed by atoms with E-state index in [1.165, 1.54) is 69.2 Å². The molecule has 0 bridgehead atoms. The predicted octanol–water partition coefficient (Wildman–Crippen LogP) is 8.47. The van der Waals surface area contributed by atoms with Crippen molar-refractivity contribution in [3.05, 3.63) is 82.8 Å². The molecule has 0 amide bonds. The molecule has 0 aromatic heterocycles. The average Bonchev–Trinajstić information content (AvgIpc) is 2.75. The van der Waals surface area contributed by atoms with E-state index in [-0.39, 0.29) is 0 Å². The fourth-order valence-corrected chi connectivity index (χ4v) is 5.66. The minimum Gasteiger partial charge on any atom is -0.0622 e. The van der Waals surface area contributed by atoms with Gasteiger partial charge in [0, 0.05) is 9.86 Å². The van der Waals surface area contributed by atoms with Gasteiger partial charge >= 0.3 is 0 Å². The van der Waals surface area contributed by atoms with Gasteiger partial charge in [-0.15, -0.1) is 0 Å². The summed E-state index contributed by atoms with van der Waals surface area (Å²) in [4.78, 5) is 0. The van der Waals surface area contributed by atoms with Crippen LogP contribution in [0.3, 0.4) is 0 Å². The number of hydrogen-bond donors (Lipinski definition) is 0. The molecule has 0 atom stereocenters. The van der Waals surface area contributed by atoms with E-state index in [9.17, 15) is 0 Å². The Kier molecular flexibility index (Phi) is 4.49. The molecule has 1 heteroatoms. The number of rotatable bonds is 2. The molecular weight excluding hydrogens is 392 g/mol. The molecule has 0 aliphatic heterocycles. The first-order valence-corrected chi connectivity index (χ1v) is 10.8. The topological polar surface area (TPSA) is 0 Å². The van der Waals surface area contributed by atoms with Crippen LogP contribution in [0.15, 0.2) is 77.3 Å². The number of benzene rings is 4. The van der Waals surface area contributed by atoms with Crippen LogP contribution >= 0.6 is 15.9 Å². The third-order valence-corrected chi connectivity index (χ3v) is 6.95. The molecule has 0 unspecified atom stereocenters. The predicted molar refractivity (Wildman–Crippen MR) is 120 cm³/mol. The summed E-state index contributed by atoms with van der Waals surface area (Å²) in [6.45, 7) is 0. The van der Waals surface area contributed by atoms with Crippen molar-refractivity contribution < 1.29 is 0 Å². The van der Waals surface area contributed by atoms with Crippen LogP contribution in [0.4, 0.5) is 0 Å². The Morgan fingerprint density at radius 1 is 0.630 bits per heavy atom. The van der Waals surface area contributed by atoms with Gasteiger partial charge in [-0.2, -0.15) is 0 Å². The third-order valence-electron chi connectivity index (χ3n) is 6.13. The SMILES string of the molecule is Brc1c2ccccc2c(C2CCCCC2)c2cccc(-c3ccccc3)c12. The molecule has 1 saturated carbocycles. The molecule has 27 heavy (non-hydrogen) atoms. The van der Waals surface area contributed by atoms with Gasteiger partial charge in [-0.1, -0.05) is 92.1 Å². The van der Waals surface area contributed by atoms with Crippen LogP contribution in [0.5, 0.6) is 0 Å². The smallest absolute Gasteiger partial charge is 0.0338 e. The summed E-state index contributed by atoms with van der Waals surface area (Å²) >= 11 is 3.99. The second-order valence-electron chi connectivity index (χ2n) is 7.70. The molecule has 0 radical (unpaired) electrons. The number of hydrogen-bond acceptors (Lipinski definition) is 0. The summed E-state index contributed by atoms with van der Waals surface area (Å²) in [5.74, 6) is 0.672. The van der Waals surface area contributed by atoms with E-state index in [1.807, 2.05) is 0 Å². The van der Waals surface area contributed by atoms with Gasteiger partial charge in [0.05, 0.1) is 0 Å². The van der Waals surface area contributed by atoms with Crippen molar-refractivity contribution in [3.8, 4) is 11.1 Å². The van der Waals surface area contributed by atoms with Gasteiger partial charge in [-0.3, -0.25) is 0 Å². The molecule has 1 aliphatic carbocycles. The molecule has 4 aromatic carbocycles. The quantitative estimate of drug-likeness (QED) is 0.288. The molecule has 5 rings (SSSR count). The summed E-state index contributed by atoms with van der Waals surface area (Å²) in [6, 6.07) is 26.6. The Hall–Kier alpha value is -2.12. The normalized spacial score (nSPS) is 15.4. The summed E-state index contributed by atoms with van der Waals surface area (Å²) in [5.41, 5.74) is 4.18. The van der Waals surface area contributed by atoms with Gasteiger partial charge in [-0.25, -0.2) is 0 Å². The van der Waals surface area contributed by atoms with Crippen molar-refractivity contribution in [2.45, 2.75) is 38.0 Å². The zero-order valence-electron chi connectivity index (χ0n) is 15.4. The van der Waals surface area contributed by atoms with Crippen LogP contribution in [-0.4, -0.2) is 0 Å². The van der Waals surface area contributed by atoms with E-state index in [0.717, 1.165) is 0 Å². The second kappa shape index (κ2) is 7.13. The van der Waals surface area contributed by atoms with Crippen LogP contribution < -0.4 is 0 Å². The fourth-order valence-electron chi connectivity index (χ4n) is 4.89. The lowest BCUT2D eigenvalue weighted by molar-refractivity contribution is 0.447. The summed E-state index contributed by atoms with van der Waals surface area (Å²) in [7, 11) is 0. The van der Waals surface area contributed by atoms with Crippen LogP contribution in [0.1, 0.15) is 43.6 Å². The van der Waals surface area contributed by atoms with Gasteiger partial charge in [0.1, 0.15) is 0 Å². The van der Waals surface area contributed by atoms with Gasteiger partial charge in [-0.05, 0) is 67.5 Å². The third kappa shape index (κ3) is 2.89. The highest BCUT2D eigenvalue weighted by molar-refractivity contribution is 9.10. The fraction of sp³-hybridized carbons (Fsp3) is 0.231. The van der Waals surface area contributed by atoms with Gasteiger partial charge in [0.15, 0.2) is 0 Å². The molecule has 0 N–H and O–H groups in total. The maximum Gasteiger partial charge on any atom is 0.0338 e. The van der Waals surface area contributed by atoms with E-state index < -0.39 is 0 Å². The van der Waals surface area contributed by atoms with Crippen molar-refractivity contribution in [1.82, 2.24) is 0 Å². The van der Waals surface area contributed by atoms with Gasteiger partial charge in [0.25, 0.3) is 0 Å². The molecule has 134 valence electrons. The molecule has 4 aromatic rings. The summed E-state index contributed by atoms with van der Waals surface area (Å²) < 4.78 is 1.23. The van der Waals surface area contributed by atoms with Crippen molar-refractivity contribution in [3.63, 3.8) is 0 Å². The first-order chi connectivity index (χ1) is 13.3. The lowest BCUT2D eigenvalue weighted by Crippen LogP contribution is -2.06. The molecule has 1 aliphatic rings. The summed E-state index contributed by atoms with van der Waals surface area (Å²) in [6.07, 6.45) is 6.73. The lowest BCUT2D eigenvalue weighted by Gasteiger charge is -2.26. The molecule has 0 saturated heterocycles. The van der Waals surface area contributed by atoms with Gasteiger partial charge < -0.3 is 0 Å². The Morgan fingerprint density at radius 3 is 2.07 bits per heavy atom. The highest BCUT2D eigenvalue weighted by Gasteiger charge is 2.23. The highest BCUT2D eigenvalue weighted by atomic mass is 79.9. The Balaban J connectivity index is 1.90. The standard InChI is InChI=1S/C26H23Br/c27-26-22-15-8-7-14-21(22)24(19-12-5-2-6-13-19)23-17-9-16-20(25(23)26)18-10-3-1-4-11-18/h1,3-4,7-11,14-17,19H,2,5-6,12-13H2. The lowest BCUT2D eigenvalue weighted by atomic mass is 9.79. The zero-order valence-corrected chi connectivity index (χ0v) is 17.0. The molecule has 0 spiro atoms. The monoisotopic (exact) mass is 414 g/mol. The maximum atomic E-state index is 3.99. The average molecular weight is 415 g/mol. The number of halogens is 1. The maximum absolute atomic E-state index is 3.99. The Labute approximate surface area is 169 Å². The van der Waals surface area contributed by atoms with E-state index >= 15 is 0 Å². The van der Waals surface area contributed by atoms with E-state index in [4.69, 9.17) is 0 Å². The van der Waals surface area contributed by atoms with Crippen LogP contribution in [-0.2, 0) is 0 Å². The molecule has 0 nitrogen and oxygen atoms in total. The van der Waals surface area contributed by atoms with Crippen LogP contribution in [0.2, 0.25) is 0 Å². The Morgan fingerprint density at radius 2 is 1.30 bits per heavy atom. The summed E-state index contributed by atoms with van der Waals surface area (Å²) in [5, 5.41) is 5.56. The zero-order chi connectivity index (χ0) is 18.2. The van der Waals surface area contributed by atoms with Crippen LogP contribution in [0.25, 0.3) is 32.7 Å². The van der Waals surface area contributed by atoms with E-state index in [2.05, 4.69) is 88.7 Å². The van der Waals surface area contributed by atoms with E-state index in [1.54, 1.807) is 5.56 Å². The van der Waals surface area contributed by atoms with Crippen molar-refractivity contribution in [1.29, 1.82) is 0 Å². The minimum absolute atomic E-state index is 0.672. The second-order valence-corrected chi connectivity index (χ2v) is 8.50. The van der Waals surface area contributed by atoms with Crippen molar-refractivity contribution in [2.24, 2.45) is 0 Å².